The van der Waals surface area contributed by atoms with E-state index in [9.17, 15) is 18.1 Å². The quantitative estimate of drug-likeness (QED) is 0.485. The predicted octanol–water partition coefficient (Wildman–Crippen LogP) is -0.734. The molecule has 0 bridgehead atoms. The number of nitrogens with zero attached hydrogens (tertiary/aromatic N) is 1. The highest BCUT2D eigenvalue weighted by Crippen LogP contribution is 2.32. The van der Waals surface area contributed by atoms with Gasteiger partial charge in [-0.15, -0.1) is 0 Å². The molecule has 0 spiro atoms. The van der Waals surface area contributed by atoms with Crippen molar-refractivity contribution in [3.8, 4) is 0 Å². The Morgan fingerprint density at radius 3 is 2.63 bits per heavy atom. The predicted molar refractivity (Wildman–Crippen MR) is 63.3 cm³/mol. The molecule has 2 heterocycles. The average molecular weight is 293 g/mol. The second-order valence-electron chi connectivity index (χ2n) is 4.42. The molecule has 0 unspecified atom stereocenters. The lowest BCUT2D eigenvalue weighted by Crippen LogP contribution is -2.39. The van der Waals surface area contributed by atoms with Crippen LogP contribution in [0, 0.1) is 4.91 Å². The van der Waals surface area contributed by atoms with Crippen LogP contribution in [0.1, 0.15) is 6.92 Å². The number of hydrogen-bond donors (Lipinski definition) is 0. The minimum Gasteiger partial charge on any atom is -0.465 e. The summed E-state index contributed by atoms with van der Waals surface area (Å²) in [5.41, 5.74) is 0. The normalized spacial score (nSPS) is 33.9. The first kappa shape index (κ1) is 14.4. The van der Waals surface area contributed by atoms with Crippen LogP contribution in [0.2, 0.25) is 0 Å². The molecule has 108 valence electrons. The number of nitroso groups, excluding NO2 is 1. The van der Waals surface area contributed by atoms with Crippen molar-refractivity contribution in [3.63, 3.8) is 0 Å². The van der Waals surface area contributed by atoms with Crippen molar-refractivity contribution in [2.24, 2.45) is 5.18 Å². The van der Waals surface area contributed by atoms with Crippen LogP contribution in [0.25, 0.3) is 0 Å². The topological polar surface area (TPSA) is 108 Å². The molecule has 9 heteroatoms. The first-order valence-electron chi connectivity index (χ1n) is 5.92. The van der Waals surface area contributed by atoms with E-state index < -0.39 is 45.1 Å². The van der Waals surface area contributed by atoms with Crippen molar-refractivity contribution >= 4 is 15.8 Å². The number of ether oxygens (including phenoxy) is 3. The Hall–Kier alpha value is -1.06. The van der Waals surface area contributed by atoms with Gasteiger partial charge in [-0.3, -0.25) is 4.79 Å². The maximum atomic E-state index is 12.1. The smallest absolute Gasteiger partial charge is 0.321 e. The number of esters is 1. The highest BCUT2D eigenvalue weighted by atomic mass is 32.2. The van der Waals surface area contributed by atoms with E-state index in [0.29, 0.717) is 0 Å². The molecule has 8 nitrogen and oxygen atoms in total. The fourth-order valence-corrected chi connectivity index (χ4v) is 3.87. The number of carbonyl (C=O) groups is 1. The summed E-state index contributed by atoms with van der Waals surface area (Å²) < 4.78 is 39.3. The minimum absolute atomic E-state index is 0.0459. The third-order valence-corrected chi connectivity index (χ3v) is 5.17. The summed E-state index contributed by atoms with van der Waals surface area (Å²) in [5.74, 6) is -1.50. The van der Waals surface area contributed by atoms with E-state index in [4.69, 9.17) is 9.47 Å². The first-order valence-corrected chi connectivity index (χ1v) is 7.64. The van der Waals surface area contributed by atoms with Gasteiger partial charge in [-0.25, -0.2) is 8.42 Å². The Bertz CT molecular complexity index is 462. The monoisotopic (exact) mass is 293 g/mol. The van der Waals surface area contributed by atoms with Crippen molar-refractivity contribution in [2.45, 2.75) is 30.4 Å². The Kier molecular flexibility index (Phi) is 4.16. The van der Waals surface area contributed by atoms with E-state index in [-0.39, 0.29) is 19.8 Å². The molecule has 0 saturated carbocycles. The molecule has 0 aromatic heterocycles. The van der Waals surface area contributed by atoms with E-state index in [1.807, 2.05) is 0 Å². The van der Waals surface area contributed by atoms with Gasteiger partial charge in [0.1, 0.15) is 29.3 Å². The van der Waals surface area contributed by atoms with Crippen LogP contribution in [-0.4, -0.2) is 63.5 Å². The highest BCUT2D eigenvalue weighted by Gasteiger charge is 2.53. The first-order chi connectivity index (χ1) is 8.99. The van der Waals surface area contributed by atoms with Crippen LogP contribution in [0.5, 0.6) is 0 Å². The zero-order chi connectivity index (χ0) is 14.0. The lowest BCUT2D eigenvalue weighted by atomic mass is 10.1. The molecule has 2 aliphatic rings. The van der Waals surface area contributed by atoms with Crippen LogP contribution in [0.15, 0.2) is 5.18 Å². The molecule has 0 N–H and O–H groups in total. The Morgan fingerprint density at radius 2 is 2.00 bits per heavy atom. The summed E-state index contributed by atoms with van der Waals surface area (Å²) in [4.78, 5) is 21.8. The van der Waals surface area contributed by atoms with E-state index >= 15 is 0 Å². The van der Waals surface area contributed by atoms with Crippen LogP contribution in [-0.2, 0) is 28.8 Å². The number of fused-ring (bicyclic) bond motifs is 1. The van der Waals surface area contributed by atoms with Crippen molar-refractivity contribution in [3.05, 3.63) is 4.91 Å². The zero-order valence-corrected chi connectivity index (χ0v) is 11.2. The lowest BCUT2D eigenvalue weighted by molar-refractivity contribution is -0.139. The Morgan fingerprint density at radius 1 is 1.32 bits per heavy atom. The minimum atomic E-state index is -3.74. The van der Waals surface area contributed by atoms with Gasteiger partial charge in [0.15, 0.2) is 9.84 Å². The Labute approximate surface area is 110 Å². The molecule has 2 fully saturated rings. The van der Waals surface area contributed by atoms with Crippen LogP contribution in [0.3, 0.4) is 0 Å². The molecule has 0 aliphatic carbocycles. The number of hydrogen-bond acceptors (Lipinski definition) is 8. The third kappa shape index (κ3) is 2.77. The van der Waals surface area contributed by atoms with Crippen molar-refractivity contribution < 1.29 is 27.4 Å². The van der Waals surface area contributed by atoms with Crippen molar-refractivity contribution in [1.29, 1.82) is 0 Å². The largest absolute Gasteiger partial charge is 0.465 e. The SMILES string of the molecule is CCOC(=O)CS(=O)(=O)[C@H]1CO[C@H]2[C@@H]1OC[C@H]2N=O. The van der Waals surface area contributed by atoms with Gasteiger partial charge in [0.05, 0.1) is 19.8 Å². The average Bonchev–Trinajstić information content (AvgIpc) is 2.87. The second kappa shape index (κ2) is 5.51. The molecule has 0 aromatic rings. The second-order valence-corrected chi connectivity index (χ2v) is 6.64. The molecule has 2 aliphatic heterocycles. The lowest BCUT2D eigenvalue weighted by Gasteiger charge is -2.15. The summed E-state index contributed by atoms with van der Waals surface area (Å²) in [5, 5.41) is 1.90. The molecular formula is C10H15NO7S. The molecule has 19 heavy (non-hydrogen) atoms. The molecule has 0 aromatic carbocycles. The van der Waals surface area contributed by atoms with Gasteiger partial charge in [-0.1, -0.05) is 5.18 Å². The van der Waals surface area contributed by atoms with Gasteiger partial charge in [0.25, 0.3) is 0 Å². The third-order valence-electron chi connectivity index (χ3n) is 3.20. The van der Waals surface area contributed by atoms with E-state index in [1.54, 1.807) is 6.92 Å². The van der Waals surface area contributed by atoms with Crippen LogP contribution < -0.4 is 0 Å². The Balaban J connectivity index is 2.06. The van der Waals surface area contributed by atoms with Gasteiger partial charge in [0, 0.05) is 0 Å². The molecule has 2 saturated heterocycles. The maximum Gasteiger partial charge on any atom is 0.321 e. The van der Waals surface area contributed by atoms with E-state index in [2.05, 4.69) is 9.91 Å². The summed E-state index contributed by atoms with van der Waals surface area (Å²) >= 11 is 0. The fraction of sp³-hybridized carbons (Fsp3) is 0.900. The molecule has 2 rings (SSSR count). The summed E-state index contributed by atoms with van der Waals surface area (Å²) in [7, 11) is -3.74. The van der Waals surface area contributed by atoms with Crippen LogP contribution >= 0.6 is 0 Å². The molecule has 0 radical (unpaired) electrons. The zero-order valence-electron chi connectivity index (χ0n) is 10.4. The van der Waals surface area contributed by atoms with Crippen molar-refractivity contribution in [1.82, 2.24) is 0 Å². The number of rotatable bonds is 5. The van der Waals surface area contributed by atoms with Gasteiger partial charge in [-0.2, -0.15) is 4.91 Å². The highest BCUT2D eigenvalue weighted by molar-refractivity contribution is 7.92. The van der Waals surface area contributed by atoms with Gasteiger partial charge in [0.2, 0.25) is 0 Å². The maximum absolute atomic E-state index is 12.1. The fourth-order valence-electron chi connectivity index (χ4n) is 2.32. The standard InChI is InChI=1S/C10H15NO7S/c1-2-16-8(12)5-19(14,15)7-4-18-9-6(11-13)3-17-10(7)9/h6-7,9-10H,2-5H2,1H3/t6-,7+,9-,10-/m1/s1. The summed E-state index contributed by atoms with van der Waals surface area (Å²) in [6, 6.07) is -0.687. The van der Waals surface area contributed by atoms with Crippen molar-refractivity contribution in [2.75, 3.05) is 25.6 Å². The summed E-state index contributed by atoms with van der Waals surface area (Å²) in [6.07, 6.45) is -1.37. The number of sulfone groups is 1. The molecular weight excluding hydrogens is 278 g/mol. The molecule has 0 amide bonds. The van der Waals surface area contributed by atoms with Gasteiger partial charge < -0.3 is 14.2 Å². The van der Waals surface area contributed by atoms with Gasteiger partial charge in [-0.05, 0) is 6.92 Å². The summed E-state index contributed by atoms with van der Waals surface area (Å²) in [6.45, 7) is 1.67. The van der Waals surface area contributed by atoms with E-state index in [0.717, 1.165) is 0 Å². The van der Waals surface area contributed by atoms with Crippen LogP contribution in [0.4, 0.5) is 0 Å². The number of carbonyl (C=O) groups excluding carboxylic acids is 1. The van der Waals surface area contributed by atoms with E-state index in [1.165, 1.54) is 0 Å². The molecule has 4 atom stereocenters. The van der Waals surface area contributed by atoms with Gasteiger partial charge >= 0.3 is 5.97 Å².